The van der Waals surface area contributed by atoms with E-state index >= 15 is 0 Å². The van der Waals surface area contributed by atoms with Gasteiger partial charge in [-0.1, -0.05) is 18.6 Å². The average molecular weight is 279 g/mol. The zero-order valence-corrected chi connectivity index (χ0v) is 12.4. The van der Waals surface area contributed by atoms with Crippen LogP contribution in [-0.2, 0) is 11.3 Å². The molecule has 0 amide bonds. The summed E-state index contributed by atoms with van der Waals surface area (Å²) in [5, 5.41) is 9.98. The first-order valence-electron chi connectivity index (χ1n) is 7.28. The van der Waals surface area contributed by atoms with Gasteiger partial charge in [-0.05, 0) is 37.6 Å². The highest BCUT2D eigenvalue weighted by molar-refractivity contribution is 5.27. The van der Waals surface area contributed by atoms with E-state index in [1.165, 1.54) is 19.3 Å². The molecular formula is C16H25NO3. The normalized spacial score (nSPS) is 17.0. The number of aliphatic hydroxyl groups is 1. The van der Waals surface area contributed by atoms with E-state index in [9.17, 15) is 5.11 Å². The Morgan fingerprint density at radius 3 is 2.85 bits per heavy atom. The van der Waals surface area contributed by atoms with Crippen LogP contribution in [0.4, 0.5) is 0 Å². The maximum Gasteiger partial charge on any atom is 0.119 e. The van der Waals surface area contributed by atoms with Crippen molar-refractivity contribution in [2.75, 3.05) is 27.3 Å². The fourth-order valence-electron chi connectivity index (χ4n) is 2.44. The third-order valence-corrected chi connectivity index (χ3v) is 3.91. The lowest BCUT2D eigenvalue weighted by Crippen LogP contribution is -2.42. The Labute approximate surface area is 121 Å². The summed E-state index contributed by atoms with van der Waals surface area (Å²) in [6.45, 7) is 1.55. The van der Waals surface area contributed by atoms with Crippen LogP contribution in [0.3, 0.4) is 0 Å². The minimum Gasteiger partial charge on any atom is -0.497 e. The Morgan fingerprint density at radius 1 is 1.40 bits per heavy atom. The van der Waals surface area contributed by atoms with E-state index < -0.39 is 6.10 Å². The second-order valence-corrected chi connectivity index (χ2v) is 5.54. The minimum absolute atomic E-state index is 0.369. The Kier molecular flexibility index (Phi) is 5.83. The highest BCUT2D eigenvalue weighted by Crippen LogP contribution is 2.23. The molecule has 0 aromatic heterocycles. The number of ether oxygens (including phenoxy) is 2. The van der Waals surface area contributed by atoms with Crippen molar-refractivity contribution in [1.29, 1.82) is 0 Å². The monoisotopic (exact) mass is 279 g/mol. The second-order valence-electron chi connectivity index (χ2n) is 5.54. The van der Waals surface area contributed by atoms with E-state index in [4.69, 9.17) is 9.47 Å². The summed E-state index contributed by atoms with van der Waals surface area (Å²) >= 11 is 0. The van der Waals surface area contributed by atoms with Crippen LogP contribution < -0.4 is 4.74 Å². The molecule has 2 rings (SSSR count). The van der Waals surface area contributed by atoms with Gasteiger partial charge in [0, 0.05) is 12.6 Å². The molecule has 1 aliphatic carbocycles. The van der Waals surface area contributed by atoms with Gasteiger partial charge in [0.2, 0.25) is 0 Å². The number of nitrogens with zero attached hydrogens (tertiary/aromatic N) is 1. The van der Waals surface area contributed by atoms with Gasteiger partial charge in [-0.2, -0.15) is 0 Å². The Morgan fingerprint density at radius 2 is 2.20 bits per heavy atom. The van der Waals surface area contributed by atoms with Gasteiger partial charge in [0.1, 0.15) is 5.75 Å². The zero-order chi connectivity index (χ0) is 14.4. The van der Waals surface area contributed by atoms with Crippen LogP contribution >= 0.6 is 0 Å². The molecule has 1 aliphatic rings. The van der Waals surface area contributed by atoms with E-state index in [0.717, 1.165) is 11.3 Å². The molecule has 0 bridgehead atoms. The summed E-state index contributed by atoms with van der Waals surface area (Å²) in [6.07, 6.45) is 3.41. The maximum atomic E-state index is 9.98. The molecule has 0 radical (unpaired) electrons. The highest BCUT2D eigenvalue weighted by Gasteiger charge is 2.23. The van der Waals surface area contributed by atoms with Gasteiger partial charge in [0.25, 0.3) is 0 Å². The summed E-state index contributed by atoms with van der Waals surface area (Å²) in [7, 11) is 3.73. The van der Waals surface area contributed by atoms with Gasteiger partial charge in [-0.15, -0.1) is 0 Å². The fourth-order valence-corrected chi connectivity index (χ4v) is 2.44. The van der Waals surface area contributed by atoms with Crippen molar-refractivity contribution in [2.24, 2.45) is 0 Å². The molecule has 0 aliphatic heterocycles. The number of likely N-dealkylation sites (N-methyl/N-ethyl adjacent to an activating group) is 1. The summed E-state index contributed by atoms with van der Waals surface area (Å²) in [5.74, 6) is 0.830. The van der Waals surface area contributed by atoms with Crippen LogP contribution in [0.15, 0.2) is 24.3 Å². The largest absolute Gasteiger partial charge is 0.497 e. The van der Waals surface area contributed by atoms with Gasteiger partial charge in [0.15, 0.2) is 0 Å². The average Bonchev–Trinajstić information content (AvgIpc) is 2.36. The van der Waals surface area contributed by atoms with Crippen molar-refractivity contribution in [2.45, 2.75) is 38.0 Å². The number of benzene rings is 1. The lowest BCUT2D eigenvalue weighted by atomic mass is 9.92. The minimum atomic E-state index is -0.425. The Hall–Kier alpha value is -1.10. The first kappa shape index (κ1) is 15.3. The molecule has 1 aromatic carbocycles. The molecule has 0 saturated heterocycles. The summed E-state index contributed by atoms with van der Waals surface area (Å²) in [4.78, 5) is 2.24. The Bertz CT molecular complexity index is 406. The third kappa shape index (κ3) is 4.47. The van der Waals surface area contributed by atoms with E-state index in [1.807, 2.05) is 24.3 Å². The molecule has 1 fully saturated rings. The van der Waals surface area contributed by atoms with Crippen molar-refractivity contribution >= 4 is 0 Å². The van der Waals surface area contributed by atoms with E-state index in [-0.39, 0.29) is 0 Å². The molecule has 112 valence electrons. The molecule has 1 N–H and O–H groups in total. The predicted octanol–water partition coefficient (Wildman–Crippen LogP) is 2.06. The molecule has 1 saturated carbocycles. The molecule has 1 atom stereocenters. The first-order chi connectivity index (χ1) is 9.69. The van der Waals surface area contributed by atoms with Gasteiger partial charge in [-0.3, -0.25) is 0 Å². The highest BCUT2D eigenvalue weighted by atomic mass is 16.5. The van der Waals surface area contributed by atoms with E-state index in [2.05, 4.69) is 11.9 Å². The molecule has 0 spiro atoms. The molecular weight excluding hydrogens is 254 g/mol. The maximum absolute atomic E-state index is 9.98. The van der Waals surface area contributed by atoms with Gasteiger partial charge >= 0.3 is 0 Å². The topological polar surface area (TPSA) is 41.9 Å². The number of hydrogen-bond acceptors (Lipinski definition) is 4. The van der Waals surface area contributed by atoms with Crippen LogP contribution in [0.1, 0.15) is 24.8 Å². The van der Waals surface area contributed by atoms with Crippen molar-refractivity contribution in [1.82, 2.24) is 4.90 Å². The summed E-state index contributed by atoms with van der Waals surface area (Å²) < 4.78 is 10.7. The number of rotatable bonds is 8. The van der Waals surface area contributed by atoms with Gasteiger partial charge in [-0.25, -0.2) is 0 Å². The summed E-state index contributed by atoms with van der Waals surface area (Å²) in [5.41, 5.74) is 1.06. The lowest BCUT2D eigenvalue weighted by molar-refractivity contribution is 0.00106. The zero-order valence-electron chi connectivity index (χ0n) is 12.4. The van der Waals surface area contributed by atoms with E-state index in [1.54, 1.807) is 7.11 Å². The van der Waals surface area contributed by atoms with Crippen molar-refractivity contribution in [3.05, 3.63) is 29.8 Å². The smallest absolute Gasteiger partial charge is 0.119 e. The molecule has 1 aromatic rings. The second kappa shape index (κ2) is 7.62. The number of hydrogen-bond donors (Lipinski definition) is 1. The predicted molar refractivity (Wildman–Crippen MR) is 78.9 cm³/mol. The number of methoxy groups -OCH3 is 1. The molecule has 0 heterocycles. The molecule has 4 nitrogen and oxygen atoms in total. The van der Waals surface area contributed by atoms with Crippen LogP contribution in [0, 0.1) is 0 Å². The quantitative estimate of drug-likeness (QED) is 0.791. The third-order valence-electron chi connectivity index (χ3n) is 3.91. The first-order valence-corrected chi connectivity index (χ1v) is 7.28. The van der Waals surface area contributed by atoms with Crippen LogP contribution in [0.2, 0.25) is 0 Å². The Balaban J connectivity index is 1.66. The van der Waals surface area contributed by atoms with Gasteiger partial charge < -0.3 is 19.5 Å². The lowest BCUT2D eigenvalue weighted by Gasteiger charge is -2.35. The summed E-state index contributed by atoms with van der Waals surface area (Å²) in [6, 6.07) is 8.45. The number of aliphatic hydroxyl groups excluding tert-OH is 1. The standard InChI is InChI=1S/C16H25NO3/c1-17(14-6-4-7-14)10-15(18)12-20-11-13-5-3-8-16(9-13)19-2/h3,5,8-9,14-15,18H,4,6-7,10-12H2,1-2H3. The van der Waals surface area contributed by atoms with Crippen molar-refractivity contribution < 1.29 is 14.6 Å². The fraction of sp³-hybridized carbons (Fsp3) is 0.625. The SMILES string of the molecule is COc1cccc(COCC(O)CN(C)C2CCC2)c1. The van der Waals surface area contributed by atoms with E-state index in [0.29, 0.717) is 25.8 Å². The van der Waals surface area contributed by atoms with Crippen LogP contribution in [0.5, 0.6) is 5.75 Å². The molecule has 20 heavy (non-hydrogen) atoms. The molecule has 4 heteroatoms. The van der Waals surface area contributed by atoms with Gasteiger partial charge in [0.05, 0.1) is 26.4 Å². The van der Waals surface area contributed by atoms with Crippen LogP contribution in [-0.4, -0.2) is 49.5 Å². The molecule has 1 unspecified atom stereocenters. The van der Waals surface area contributed by atoms with Crippen LogP contribution in [0.25, 0.3) is 0 Å². The van der Waals surface area contributed by atoms with Crippen molar-refractivity contribution in [3.8, 4) is 5.75 Å². The van der Waals surface area contributed by atoms with Crippen molar-refractivity contribution in [3.63, 3.8) is 0 Å².